The lowest BCUT2D eigenvalue weighted by Gasteiger charge is -2.33. The number of hydrogen-bond donors (Lipinski definition) is 0. The Hall–Kier alpha value is -2.18. The Morgan fingerprint density at radius 1 is 1.23 bits per heavy atom. The number of para-hydroxylation sites is 2. The van der Waals surface area contributed by atoms with Crippen molar-refractivity contribution in [3.63, 3.8) is 0 Å². The number of piperidine rings is 1. The van der Waals surface area contributed by atoms with E-state index in [-0.39, 0.29) is 5.92 Å². The van der Waals surface area contributed by atoms with E-state index in [0.717, 1.165) is 78.9 Å². The van der Waals surface area contributed by atoms with Gasteiger partial charge < -0.3 is 4.90 Å². The van der Waals surface area contributed by atoms with Gasteiger partial charge in [0, 0.05) is 30.3 Å². The summed E-state index contributed by atoms with van der Waals surface area (Å²) in [6, 6.07) is 16.6. The Morgan fingerprint density at radius 3 is 2.87 bits per heavy atom. The third-order valence-corrected chi connectivity index (χ3v) is 6.63. The van der Waals surface area contributed by atoms with Gasteiger partial charge in [-0.05, 0) is 56.1 Å². The first-order valence-electron chi connectivity index (χ1n) is 11.3. The molecule has 0 saturated carbocycles. The predicted molar refractivity (Wildman–Crippen MR) is 129 cm³/mol. The second kappa shape index (κ2) is 9.96. The number of likely N-dealkylation sites (tertiary alicyclic amines) is 1. The number of rotatable bonds is 7. The molecular weight excluding hydrogens is 452 g/mol. The molecule has 0 bridgehead atoms. The van der Waals surface area contributed by atoms with E-state index in [0.29, 0.717) is 5.91 Å². The molecule has 1 aromatic heterocycles. The Kier molecular flexibility index (Phi) is 7.08. The molecule has 0 spiro atoms. The number of carbonyl (C=O) groups excluding carboxylic acids is 1. The number of imidazole rings is 1. The van der Waals surface area contributed by atoms with Crippen LogP contribution in [0.3, 0.4) is 0 Å². The Bertz CT molecular complexity index is 1050. The first-order valence-corrected chi connectivity index (χ1v) is 12.1. The average molecular weight is 483 g/mol. The molecule has 5 nitrogen and oxygen atoms in total. The van der Waals surface area contributed by atoms with Gasteiger partial charge in [-0.3, -0.25) is 14.3 Å². The van der Waals surface area contributed by atoms with Crippen molar-refractivity contribution in [1.82, 2.24) is 19.4 Å². The second-order valence-corrected chi connectivity index (χ2v) is 9.44. The number of carbonyl (C=O) groups is 1. The minimum Gasteiger partial charge on any atom is -0.345 e. The van der Waals surface area contributed by atoms with Crippen LogP contribution in [-0.2, 0) is 11.3 Å². The lowest BCUT2D eigenvalue weighted by molar-refractivity contribution is -0.136. The van der Waals surface area contributed by atoms with Gasteiger partial charge in [0.25, 0.3) is 0 Å². The zero-order valence-corrected chi connectivity index (χ0v) is 20.0. The van der Waals surface area contributed by atoms with Crippen molar-refractivity contribution in [2.24, 2.45) is 5.92 Å². The summed E-state index contributed by atoms with van der Waals surface area (Å²) in [6.45, 7) is 5.56. The van der Waals surface area contributed by atoms with Gasteiger partial charge >= 0.3 is 0 Å². The van der Waals surface area contributed by atoms with Crippen LogP contribution in [0.2, 0.25) is 0 Å². The number of fused-ring (bicyclic) bond motifs is 1. The monoisotopic (exact) mass is 482 g/mol. The molecule has 0 aliphatic carbocycles. The third kappa shape index (κ3) is 5.01. The van der Waals surface area contributed by atoms with Crippen molar-refractivity contribution in [2.75, 3.05) is 26.7 Å². The van der Waals surface area contributed by atoms with E-state index in [1.807, 2.05) is 24.1 Å². The van der Waals surface area contributed by atoms with Crippen LogP contribution in [0.1, 0.15) is 38.4 Å². The van der Waals surface area contributed by atoms with Crippen LogP contribution in [0.25, 0.3) is 16.7 Å². The summed E-state index contributed by atoms with van der Waals surface area (Å²) in [5, 5.41) is 0. The number of amides is 1. The van der Waals surface area contributed by atoms with Crippen molar-refractivity contribution in [2.45, 2.75) is 39.2 Å². The summed E-state index contributed by atoms with van der Waals surface area (Å²) in [6.07, 6.45) is 4.21. The number of nitrogens with zero attached hydrogens (tertiary/aromatic N) is 4. The average Bonchev–Trinajstić information content (AvgIpc) is 3.14. The number of halogens is 1. The molecule has 1 aliphatic heterocycles. The Balaban J connectivity index is 1.57. The quantitative estimate of drug-likeness (QED) is 0.461. The van der Waals surface area contributed by atoms with E-state index >= 15 is 0 Å². The minimum atomic E-state index is 0.0827. The fourth-order valence-electron chi connectivity index (χ4n) is 4.50. The van der Waals surface area contributed by atoms with E-state index in [2.05, 4.69) is 68.7 Å². The lowest BCUT2D eigenvalue weighted by Crippen LogP contribution is -2.43. The first-order chi connectivity index (χ1) is 15.1. The largest absolute Gasteiger partial charge is 0.345 e. The van der Waals surface area contributed by atoms with Crippen molar-refractivity contribution >= 4 is 32.9 Å². The van der Waals surface area contributed by atoms with E-state index in [1.54, 1.807) is 0 Å². The van der Waals surface area contributed by atoms with Crippen LogP contribution in [-0.4, -0.2) is 51.9 Å². The second-order valence-electron chi connectivity index (χ2n) is 8.52. The van der Waals surface area contributed by atoms with Crippen LogP contribution in [0.4, 0.5) is 0 Å². The van der Waals surface area contributed by atoms with Crippen molar-refractivity contribution < 1.29 is 4.79 Å². The third-order valence-electron chi connectivity index (χ3n) is 6.14. The van der Waals surface area contributed by atoms with Gasteiger partial charge in [0.1, 0.15) is 5.82 Å². The SMILES string of the molecule is CCCCN(C)C(=O)[C@@H]1CCCN(Cc2nc3ccccc3n2-c2cccc(Br)c2)C1. The standard InChI is InChI=1S/C25H31BrN4O/c1-3-4-14-28(2)25(31)19-9-8-15-29(17-19)18-24-27-22-12-5-6-13-23(22)30(24)21-11-7-10-20(26)16-21/h5-7,10-13,16,19H,3-4,8-9,14-15,17-18H2,1-2H3/t19-/m1/s1. The van der Waals surface area contributed by atoms with Crippen molar-refractivity contribution in [3.05, 3.63) is 58.8 Å². The minimum absolute atomic E-state index is 0.0827. The summed E-state index contributed by atoms with van der Waals surface area (Å²) >= 11 is 3.60. The highest BCUT2D eigenvalue weighted by Gasteiger charge is 2.28. The van der Waals surface area contributed by atoms with Gasteiger partial charge in [-0.25, -0.2) is 4.98 Å². The summed E-state index contributed by atoms with van der Waals surface area (Å²) in [7, 11) is 1.95. The molecule has 1 saturated heterocycles. The molecule has 1 aliphatic rings. The zero-order chi connectivity index (χ0) is 21.8. The molecule has 6 heteroatoms. The highest BCUT2D eigenvalue weighted by atomic mass is 79.9. The smallest absolute Gasteiger partial charge is 0.226 e. The Morgan fingerprint density at radius 2 is 2.06 bits per heavy atom. The number of unbranched alkanes of at least 4 members (excludes halogenated alkanes) is 1. The van der Waals surface area contributed by atoms with Gasteiger partial charge in [0.2, 0.25) is 5.91 Å². The number of hydrogen-bond acceptors (Lipinski definition) is 3. The van der Waals surface area contributed by atoms with E-state index in [9.17, 15) is 4.79 Å². The molecule has 31 heavy (non-hydrogen) atoms. The van der Waals surface area contributed by atoms with Gasteiger partial charge in [-0.15, -0.1) is 0 Å². The molecule has 164 valence electrons. The van der Waals surface area contributed by atoms with Crippen LogP contribution >= 0.6 is 15.9 Å². The van der Waals surface area contributed by atoms with E-state index in [1.165, 1.54) is 0 Å². The van der Waals surface area contributed by atoms with Crippen molar-refractivity contribution in [1.29, 1.82) is 0 Å². The summed E-state index contributed by atoms with van der Waals surface area (Å²) in [5.41, 5.74) is 3.21. The van der Waals surface area contributed by atoms with E-state index < -0.39 is 0 Å². The van der Waals surface area contributed by atoms with E-state index in [4.69, 9.17) is 4.98 Å². The molecule has 4 rings (SSSR count). The Labute approximate surface area is 193 Å². The molecule has 0 radical (unpaired) electrons. The van der Waals surface area contributed by atoms with Crippen molar-refractivity contribution in [3.8, 4) is 5.69 Å². The maximum Gasteiger partial charge on any atom is 0.226 e. The summed E-state index contributed by atoms with van der Waals surface area (Å²) in [5.74, 6) is 1.39. The fourth-order valence-corrected chi connectivity index (χ4v) is 4.89. The number of benzene rings is 2. The number of aromatic nitrogens is 2. The molecule has 1 amide bonds. The highest BCUT2D eigenvalue weighted by Crippen LogP contribution is 2.26. The molecular formula is C25H31BrN4O. The van der Waals surface area contributed by atoms with Crippen LogP contribution in [0, 0.1) is 5.92 Å². The first kappa shape index (κ1) is 22.0. The molecule has 0 unspecified atom stereocenters. The predicted octanol–water partition coefficient (Wildman–Crippen LogP) is 5.26. The molecule has 3 aromatic rings. The lowest BCUT2D eigenvalue weighted by atomic mass is 9.96. The van der Waals surface area contributed by atoms with Gasteiger partial charge in [-0.1, -0.05) is 47.5 Å². The maximum atomic E-state index is 12.9. The zero-order valence-electron chi connectivity index (χ0n) is 18.4. The molecule has 1 atom stereocenters. The van der Waals surface area contributed by atoms with Crippen LogP contribution in [0.15, 0.2) is 53.0 Å². The molecule has 0 N–H and O–H groups in total. The van der Waals surface area contributed by atoms with Gasteiger partial charge in [0.15, 0.2) is 0 Å². The summed E-state index contributed by atoms with van der Waals surface area (Å²) in [4.78, 5) is 22.2. The van der Waals surface area contributed by atoms with Gasteiger partial charge in [0.05, 0.1) is 23.5 Å². The topological polar surface area (TPSA) is 41.4 Å². The molecule has 2 aromatic carbocycles. The van der Waals surface area contributed by atoms with Crippen LogP contribution < -0.4 is 0 Å². The highest BCUT2D eigenvalue weighted by molar-refractivity contribution is 9.10. The molecule has 1 fully saturated rings. The molecule has 2 heterocycles. The summed E-state index contributed by atoms with van der Waals surface area (Å²) < 4.78 is 3.30. The maximum absolute atomic E-state index is 12.9. The van der Waals surface area contributed by atoms with Gasteiger partial charge in [-0.2, -0.15) is 0 Å². The van der Waals surface area contributed by atoms with Crippen LogP contribution in [0.5, 0.6) is 0 Å². The normalized spacial score (nSPS) is 17.2. The fraction of sp³-hybridized carbons (Fsp3) is 0.440.